The molecule has 1 fully saturated rings. The fraction of sp³-hybridized carbons (Fsp3) is 0.357. The van der Waals surface area contributed by atoms with E-state index in [0.717, 1.165) is 17.4 Å². The SMILES string of the molecule is Cc1c(C(=O)N2CC[C@@H](N)C2)oc2c(Cl)cccc12.Cl. The lowest BCUT2D eigenvalue weighted by molar-refractivity contribution is 0.0760. The van der Waals surface area contributed by atoms with E-state index in [9.17, 15) is 4.79 Å². The Hall–Kier alpha value is -1.23. The Labute approximate surface area is 128 Å². The number of benzene rings is 1. The van der Waals surface area contributed by atoms with Gasteiger partial charge in [0.1, 0.15) is 0 Å². The largest absolute Gasteiger partial charge is 0.449 e. The van der Waals surface area contributed by atoms with Gasteiger partial charge in [0.2, 0.25) is 0 Å². The minimum atomic E-state index is -0.0993. The van der Waals surface area contributed by atoms with Crippen molar-refractivity contribution in [1.82, 2.24) is 4.90 Å². The predicted octanol–water partition coefficient (Wildman–Crippen LogP) is 2.99. The fourth-order valence-corrected chi connectivity index (χ4v) is 2.74. The number of hydrogen-bond donors (Lipinski definition) is 1. The molecule has 0 bridgehead atoms. The molecule has 6 heteroatoms. The molecule has 1 aromatic heterocycles. The van der Waals surface area contributed by atoms with Gasteiger partial charge in [0, 0.05) is 30.1 Å². The van der Waals surface area contributed by atoms with Crippen molar-refractivity contribution in [1.29, 1.82) is 0 Å². The minimum absolute atomic E-state index is 0. The molecule has 4 nitrogen and oxygen atoms in total. The Balaban J connectivity index is 0.00000147. The van der Waals surface area contributed by atoms with Crippen molar-refractivity contribution in [3.05, 3.63) is 34.5 Å². The molecule has 3 rings (SSSR count). The maximum Gasteiger partial charge on any atom is 0.289 e. The van der Waals surface area contributed by atoms with E-state index in [-0.39, 0.29) is 24.4 Å². The molecule has 1 aliphatic rings. The zero-order valence-corrected chi connectivity index (χ0v) is 12.6. The molecule has 20 heavy (non-hydrogen) atoms. The second-order valence-electron chi connectivity index (χ2n) is 4.97. The minimum Gasteiger partial charge on any atom is -0.449 e. The van der Waals surface area contributed by atoms with Crippen molar-refractivity contribution in [3.8, 4) is 0 Å². The van der Waals surface area contributed by atoms with Gasteiger partial charge in [0.25, 0.3) is 5.91 Å². The number of hydrogen-bond acceptors (Lipinski definition) is 3. The van der Waals surface area contributed by atoms with Gasteiger partial charge in [-0.15, -0.1) is 12.4 Å². The number of fused-ring (bicyclic) bond motifs is 1. The normalized spacial score (nSPS) is 18.4. The summed E-state index contributed by atoms with van der Waals surface area (Å²) in [5.41, 5.74) is 7.25. The van der Waals surface area contributed by atoms with Gasteiger partial charge >= 0.3 is 0 Å². The molecule has 1 atom stereocenters. The van der Waals surface area contributed by atoms with Gasteiger partial charge in [-0.25, -0.2) is 0 Å². The maximum atomic E-state index is 12.4. The quantitative estimate of drug-likeness (QED) is 0.880. The van der Waals surface area contributed by atoms with Crippen LogP contribution in [0.3, 0.4) is 0 Å². The molecule has 0 aliphatic carbocycles. The zero-order valence-electron chi connectivity index (χ0n) is 11.1. The Morgan fingerprint density at radius 2 is 2.25 bits per heavy atom. The summed E-state index contributed by atoms with van der Waals surface area (Å²) in [4.78, 5) is 14.2. The Bertz CT molecular complexity index is 654. The highest BCUT2D eigenvalue weighted by molar-refractivity contribution is 6.35. The molecular formula is C14H16Cl2N2O2. The highest BCUT2D eigenvalue weighted by Crippen LogP contribution is 2.31. The lowest BCUT2D eigenvalue weighted by Crippen LogP contribution is -2.31. The lowest BCUT2D eigenvalue weighted by Gasteiger charge is -2.14. The average molecular weight is 315 g/mol. The molecule has 108 valence electrons. The summed E-state index contributed by atoms with van der Waals surface area (Å²) >= 11 is 6.09. The van der Waals surface area contributed by atoms with E-state index in [0.29, 0.717) is 29.5 Å². The first-order valence-corrected chi connectivity index (χ1v) is 6.68. The molecule has 0 unspecified atom stereocenters. The molecule has 2 heterocycles. The molecule has 2 N–H and O–H groups in total. The third kappa shape index (κ3) is 2.39. The number of amides is 1. The van der Waals surface area contributed by atoms with Crippen molar-refractivity contribution in [3.63, 3.8) is 0 Å². The number of likely N-dealkylation sites (tertiary alicyclic amines) is 1. The number of aryl methyl sites for hydroxylation is 1. The van der Waals surface area contributed by atoms with E-state index in [1.807, 2.05) is 19.1 Å². The highest BCUT2D eigenvalue weighted by Gasteiger charge is 2.28. The molecule has 1 saturated heterocycles. The van der Waals surface area contributed by atoms with Crippen LogP contribution >= 0.6 is 24.0 Å². The smallest absolute Gasteiger partial charge is 0.289 e. The second kappa shape index (κ2) is 5.64. The number of nitrogens with two attached hydrogens (primary N) is 1. The number of para-hydroxylation sites is 1. The van der Waals surface area contributed by atoms with E-state index in [2.05, 4.69) is 0 Å². The molecule has 0 spiro atoms. The molecule has 0 saturated carbocycles. The molecule has 1 aromatic carbocycles. The Kier molecular flexibility index (Phi) is 4.28. The van der Waals surface area contributed by atoms with Gasteiger partial charge in [-0.1, -0.05) is 23.7 Å². The number of furan rings is 1. The van der Waals surface area contributed by atoms with Gasteiger partial charge < -0.3 is 15.1 Å². The highest BCUT2D eigenvalue weighted by atomic mass is 35.5. The maximum absolute atomic E-state index is 12.4. The average Bonchev–Trinajstić information content (AvgIpc) is 2.95. The van der Waals surface area contributed by atoms with Gasteiger partial charge in [-0.3, -0.25) is 4.79 Å². The monoisotopic (exact) mass is 314 g/mol. The third-order valence-corrected chi connectivity index (χ3v) is 3.92. The first-order valence-electron chi connectivity index (χ1n) is 6.30. The number of rotatable bonds is 1. The zero-order chi connectivity index (χ0) is 13.6. The molecule has 1 aliphatic heterocycles. The summed E-state index contributed by atoms with van der Waals surface area (Å²) in [6, 6.07) is 5.59. The van der Waals surface area contributed by atoms with Crippen LogP contribution in [0.1, 0.15) is 22.5 Å². The Morgan fingerprint density at radius 3 is 2.85 bits per heavy atom. The predicted molar refractivity (Wildman–Crippen MR) is 81.7 cm³/mol. The molecule has 1 amide bonds. The second-order valence-corrected chi connectivity index (χ2v) is 5.38. The molecule has 0 radical (unpaired) electrons. The van der Waals surface area contributed by atoms with Crippen LogP contribution < -0.4 is 5.73 Å². The summed E-state index contributed by atoms with van der Waals surface area (Å²) in [6.45, 7) is 3.15. The van der Waals surface area contributed by atoms with E-state index >= 15 is 0 Å². The first kappa shape index (κ1) is 15.2. The van der Waals surface area contributed by atoms with Crippen LogP contribution in [0.2, 0.25) is 5.02 Å². The fourth-order valence-electron chi connectivity index (χ4n) is 2.53. The molecular weight excluding hydrogens is 299 g/mol. The van der Waals surface area contributed by atoms with E-state index in [1.54, 1.807) is 11.0 Å². The van der Waals surface area contributed by atoms with Crippen LogP contribution in [-0.4, -0.2) is 29.9 Å². The van der Waals surface area contributed by atoms with E-state index in [1.165, 1.54) is 0 Å². The van der Waals surface area contributed by atoms with Crippen molar-refractivity contribution < 1.29 is 9.21 Å². The summed E-state index contributed by atoms with van der Waals surface area (Å²) in [5, 5.41) is 1.41. The van der Waals surface area contributed by atoms with Crippen LogP contribution in [0.4, 0.5) is 0 Å². The van der Waals surface area contributed by atoms with Crippen LogP contribution in [0.25, 0.3) is 11.0 Å². The van der Waals surface area contributed by atoms with Crippen LogP contribution in [0.15, 0.2) is 22.6 Å². The number of carbonyl (C=O) groups is 1. The Morgan fingerprint density at radius 1 is 1.50 bits per heavy atom. The van der Waals surface area contributed by atoms with Gasteiger partial charge in [-0.2, -0.15) is 0 Å². The van der Waals surface area contributed by atoms with Gasteiger partial charge in [0.05, 0.1) is 5.02 Å². The molecule has 2 aromatic rings. The van der Waals surface area contributed by atoms with E-state index < -0.39 is 0 Å². The van der Waals surface area contributed by atoms with Crippen molar-refractivity contribution in [2.45, 2.75) is 19.4 Å². The van der Waals surface area contributed by atoms with Crippen LogP contribution in [0, 0.1) is 6.92 Å². The van der Waals surface area contributed by atoms with Crippen molar-refractivity contribution in [2.75, 3.05) is 13.1 Å². The number of carbonyl (C=O) groups excluding carboxylic acids is 1. The topological polar surface area (TPSA) is 59.5 Å². The van der Waals surface area contributed by atoms with Crippen molar-refractivity contribution in [2.24, 2.45) is 5.73 Å². The first-order chi connectivity index (χ1) is 9.08. The number of halogens is 2. The van der Waals surface area contributed by atoms with Gasteiger partial charge in [0.15, 0.2) is 11.3 Å². The summed E-state index contributed by atoms with van der Waals surface area (Å²) in [6.07, 6.45) is 0.839. The van der Waals surface area contributed by atoms with Crippen molar-refractivity contribution >= 4 is 40.9 Å². The third-order valence-electron chi connectivity index (χ3n) is 3.62. The standard InChI is InChI=1S/C14H15ClN2O2.ClH/c1-8-10-3-2-4-11(15)13(10)19-12(8)14(18)17-6-5-9(16)7-17;/h2-4,9H,5-7,16H2,1H3;1H/t9-;/m1./s1. The summed E-state index contributed by atoms with van der Waals surface area (Å²) < 4.78 is 5.68. The lowest BCUT2D eigenvalue weighted by atomic mass is 10.1. The van der Waals surface area contributed by atoms with E-state index in [4.69, 9.17) is 21.8 Å². The van der Waals surface area contributed by atoms with Gasteiger partial charge in [-0.05, 0) is 19.4 Å². The number of nitrogens with zero attached hydrogens (tertiary/aromatic N) is 1. The van der Waals surface area contributed by atoms with Crippen LogP contribution in [0.5, 0.6) is 0 Å². The summed E-state index contributed by atoms with van der Waals surface area (Å²) in [7, 11) is 0. The summed E-state index contributed by atoms with van der Waals surface area (Å²) in [5.74, 6) is 0.273. The van der Waals surface area contributed by atoms with Crippen LogP contribution in [-0.2, 0) is 0 Å².